The zero-order valence-electron chi connectivity index (χ0n) is 15.3. The van der Waals surface area contributed by atoms with E-state index in [4.69, 9.17) is 15.2 Å². The summed E-state index contributed by atoms with van der Waals surface area (Å²) in [6, 6.07) is 5.35. The van der Waals surface area contributed by atoms with Crippen LogP contribution in [0, 0.1) is 0 Å². The topological polar surface area (TPSA) is 95.7 Å². The highest BCUT2D eigenvalue weighted by molar-refractivity contribution is 9.10. The monoisotopic (exact) mass is 445 g/mol. The second kappa shape index (κ2) is 7.54. The van der Waals surface area contributed by atoms with Gasteiger partial charge in [-0.3, -0.25) is 14.4 Å². The van der Waals surface area contributed by atoms with Crippen molar-refractivity contribution in [2.75, 3.05) is 6.61 Å². The number of carbonyl (C=O) groups is 3. The first-order valence-corrected chi connectivity index (χ1v) is 10.2. The van der Waals surface area contributed by atoms with Gasteiger partial charge in [-0.1, -0.05) is 15.9 Å². The van der Waals surface area contributed by atoms with Crippen LogP contribution in [0.15, 0.2) is 45.3 Å². The number of amides is 1. The van der Waals surface area contributed by atoms with Crippen molar-refractivity contribution < 1.29 is 23.9 Å². The molecule has 3 aliphatic rings. The molecule has 146 valence electrons. The molecule has 4 rings (SSSR count). The highest BCUT2D eigenvalue weighted by Gasteiger charge is 2.42. The van der Waals surface area contributed by atoms with Crippen LogP contribution in [0.3, 0.4) is 0 Å². The third-order valence-electron chi connectivity index (χ3n) is 5.29. The molecule has 0 saturated heterocycles. The largest absolute Gasteiger partial charge is 0.483 e. The molecule has 7 heteroatoms. The van der Waals surface area contributed by atoms with Gasteiger partial charge in [0.2, 0.25) is 0 Å². The summed E-state index contributed by atoms with van der Waals surface area (Å²) in [4.78, 5) is 36.9. The van der Waals surface area contributed by atoms with Gasteiger partial charge >= 0.3 is 0 Å². The number of benzene rings is 1. The van der Waals surface area contributed by atoms with Crippen LogP contribution in [-0.2, 0) is 19.1 Å². The molecule has 0 fully saturated rings. The predicted octanol–water partition coefficient (Wildman–Crippen LogP) is 3.44. The number of Topliss-reactive ketones (excluding diaryl/α,β-unsaturated/α-hetero) is 2. The Morgan fingerprint density at radius 1 is 1.07 bits per heavy atom. The van der Waals surface area contributed by atoms with Gasteiger partial charge in [0.05, 0.1) is 5.92 Å². The molecule has 1 aromatic rings. The number of carbonyl (C=O) groups excluding carboxylic acids is 3. The Morgan fingerprint density at radius 3 is 2.25 bits per heavy atom. The standard InChI is InChI=1S/C21H20BrNO5/c22-11-7-8-15(27-10-18(23)26)12(9-11)19-20-13(24)3-1-5-16(20)28-17-6-2-4-14(25)21(17)19/h7-9,19H,1-6,10H2,(H2,23,26). The van der Waals surface area contributed by atoms with Crippen LogP contribution in [0.5, 0.6) is 5.75 Å². The van der Waals surface area contributed by atoms with Crippen LogP contribution in [0.4, 0.5) is 0 Å². The molecule has 1 aliphatic heterocycles. The lowest BCUT2D eigenvalue weighted by Crippen LogP contribution is -2.30. The molecule has 2 N–H and O–H groups in total. The fraction of sp³-hybridized carbons (Fsp3) is 0.381. The summed E-state index contributed by atoms with van der Waals surface area (Å²) in [6.45, 7) is -0.280. The highest BCUT2D eigenvalue weighted by Crippen LogP contribution is 2.50. The van der Waals surface area contributed by atoms with Crippen LogP contribution in [0.1, 0.15) is 50.0 Å². The third kappa shape index (κ3) is 3.39. The third-order valence-corrected chi connectivity index (χ3v) is 5.79. The number of hydrogen-bond acceptors (Lipinski definition) is 5. The number of nitrogens with two attached hydrogens (primary N) is 1. The second-order valence-electron chi connectivity index (χ2n) is 7.20. The number of ether oxygens (including phenoxy) is 2. The lowest BCUT2D eigenvalue weighted by Gasteiger charge is -2.36. The molecule has 0 atom stereocenters. The zero-order valence-corrected chi connectivity index (χ0v) is 16.8. The van der Waals surface area contributed by atoms with Crippen LogP contribution >= 0.6 is 15.9 Å². The summed E-state index contributed by atoms with van der Waals surface area (Å²) in [6.07, 6.45) is 3.69. The van der Waals surface area contributed by atoms with Crippen molar-refractivity contribution in [3.05, 3.63) is 50.9 Å². The number of ketones is 2. The van der Waals surface area contributed by atoms with E-state index in [1.165, 1.54) is 0 Å². The molecule has 6 nitrogen and oxygen atoms in total. The molecule has 0 spiro atoms. The molecule has 2 aliphatic carbocycles. The van der Waals surface area contributed by atoms with E-state index in [0.717, 1.165) is 17.3 Å². The van der Waals surface area contributed by atoms with E-state index in [2.05, 4.69) is 15.9 Å². The van der Waals surface area contributed by atoms with Gasteiger partial charge in [0, 0.05) is 46.9 Å². The summed E-state index contributed by atoms with van der Waals surface area (Å²) < 4.78 is 12.5. The van der Waals surface area contributed by atoms with Crippen LogP contribution in [0.25, 0.3) is 0 Å². The Kier molecular flexibility index (Phi) is 5.10. The SMILES string of the molecule is NC(=O)COc1ccc(Br)cc1C1C2=C(CCCC2=O)OC2=C1C(=O)CCC2. The van der Waals surface area contributed by atoms with Gasteiger partial charge in [0.15, 0.2) is 18.2 Å². The Morgan fingerprint density at radius 2 is 1.68 bits per heavy atom. The van der Waals surface area contributed by atoms with Crippen molar-refractivity contribution in [2.24, 2.45) is 5.73 Å². The molecule has 1 heterocycles. The lowest BCUT2D eigenvalue weighted by molar-refractivity contribution is -0.120. The number of hydrogen-bond donors (Lipinski definition) is 1. The normalized spacial score (nSPS) is 19.9. The average Bonchev–Trinajstić information content (AvgIpc) is 2.66. The Balaban J connectivity index is 1.90. The highest BCUT2D eigenvalue weighted by atomic mass is 79.9. The predicted molar refractivity (Wildman–Crippen MR) is 104 cm³/mol. The number of primary amides is 1. The lowest BCUT2D eigenvalue weighted by atomic mass is 9.73. The average molecular weight is 446 g/mol. The van der Waals surface area contributed by atoms with Gasteiger partial charge in [-0.2, -0.15) is 0 Å². The van der Waals surface area contributed by atoms with E-state index in [-0.39, 0.29) is 18.2 Å². The maximum atomic E-state index is 12.9. The first-order chi connectivity index (χ1) is 13.5. The quantitative estimate of drug-likeness (QED) is 0.765. The molecule has 0 unspecified atom stereocenters. The van der Waals surface area contributed by atoms with Crippen molar-refractivity contribution in [3.63, 3.8) is 0 Å². The van der Waals surface area contributed by atoms with Gasteiger partial charge in [0.25, 0.3) is 5.91 Å². The molecular formula is C21H20BrNO5. The van der Waals surface area contributed by atoms with Crippen molar-refractivity contribution in [2.45, 2.75) is 44.4 Å². The van der Waals surface area contributed by atoms with Crippen LogP contribution < -0.4 is 10.5 Å². The number of allylic oxidation sites excluding steroid dienone is 4. The van der Waals surface area contributed by atoms with Gasteiger partial charge in [0.1, 0.15) is 17.3 Å². The molecule has 0 radical (unpaired) electrons. The minimum absolute atomic E-state index is 0.00278. The number of halogens is 1. The van der Waals surface area contributed by atoms with E-state index in [9.17, 15) is 14.4 Å². The molecule has 0 bridgehead atoms. The zero-order chi connectivity index (χ0) is 19.8. The first kappa shape index (κ1) is 18.9. The van der Waals surface area contributed by atoms with Gasteiger partial charge in [-0.05, 0) is 31.0 Å². The summed E-state index contributed by atoms with van der Waals surface area (Å²) >= 11 is 3.47. The first-order valence-electron chi connectivity index (χ1n) is 9.36. The Bertz CT molecular complexity index is 904. The van der Waals surface area contributed by atoms with E-state index >= 15 is 0 Å². The summed E-state index contributed by atoms with van der Waals surface area (Å²) in [5.74, 6) is 0.618. The van der Waals surface area contributed by atoms with E-state index in [0.29, 0.717) is 59.7 Å². The summed E-state index contributed by atoms with van der Waals surface area (Å²) in [5.41, 5.74) is 6.99. The van der Waals surface area contributed by atoms with Crippen molar-refractivity contribution in [1.29, 1.82) is 0 Å². The minimum atomic E-state index is -0.594. The summed E-state index contributed by atoms with van der Waals surface area (Å²) in [7, 11) is 0. The smallest absolute Gasteiger partial charge is 0.255 e. The molecular weight excluding hydrogens is 426 g/mol. The molecule has 0 aromatic heterocycles. The van der Waals surface area contributed by atoms with Crippen LogP contribution in [0.2, 0.25) is 0 Å². The number of rotatable bonds is 4. The molecule has 0 saturated carbocycles. The van der Waals surface area contributed by atoms with E-state index in [1.54, 1.807) is 12.1 Å². The van der Waals surface area contributed by atoms with Gasteiger partial charge in [-0.15, -0.1) is 0 Å². The van der Waals surface area contributed by atoms with Gasteiger partial charge < -0.3 is 15.2 Å². The van der Waals surface area contributed by atoms with E-state index < -0.39 is 11.8 Å². The molecule has 1 amide bonds. The van der Waals surface area contributed by atoms with Crippen LogP contribution in [-0.4, -0.2) is 24.1 Å². The minimum Gasteiger partial charge on any atom is -0.483 e. The maximum absolute atomic E-state index is 12.9. The van der Waals surface area contributed by atoms with Crippen molar-refractivity contribution in [1.82, 2.24) is 0 Å². The fourth-order valence-corrected chi connectivity index (χ4v) is 4.53. The van der Waals surface area contributed by atoms with E-state index in [1.807, 2.05) is 6.07 Å². The second-order valence-corrected chi connectivity index (χ2v) is 8.12. The Labute approximate surface area is 170 Å². The molecule has 1 aromatic carbocycles. The fourth-order valence-electron chi connectivity index (χ4n) is 4.15. The summed E-state index contributed by atoms with van der Waals surface area (Å²) in [5, 5.41) is 0. The molecule has 28 heavy (non-hydrogen) atoms. The Hall–Kier alpha value is -2.41. The van der Waals surface area contributed by atoms with Crippen molar-refractivity contribution in [3.8, 4) is 5.75 Å². The van der Waals surface area contributed by atoms with Crippen molar-refractivity contribution >= 4 is 33.4 Å². The maximum Gasteiger partial charge on any atom is 0.255 e. The van der Waals surface area contributed by atoms with Gasteiger partial charge in [-0.25, -0.2) is 0 Å².